The molecular weight excluding hydrogens is 300 g/mol. The van der Waals surface area contributed by atoms with Crippen LogP contribution in [0, 0.1) is 0 Å². The van der Waals surface area contributed by atoms with E-state index in [9.17, 15) is 4.79 Å². The Morgan fingerprint density at radius 1 is 1.23 bits per heavy atom. The fraction of sp³-hybridized carbons (Fsp3) is 0.375. The van der Waals surface area contributed by atoms with E-state index in [1.54, 1.807) is 12.1 Å². The summed E-state index contributed by atoms with van der Waals surface area (Å²) < 4.78 is 10.8. The molecule has 1 aromatic heterocycles. The third kappa shape index (κ3) is 4.73. The van der Waals surface area contributed by atoms with E-state index in [2.05, 4.69) is 24.1 Å². The minimum atomic E-state index is -0.224. The van der Waals surface area contributed by atoms with Crippen molar-refractivity contribution in [3.8, 4) is 11.5 Å². The number of ether oxygens (including phenoxy) is 2. The van der Waals surface area contributed by atoms with Gasteiger partial charge in [-0.15, -0.1) is 11.3 Å². The first-order chi connectivity index (χ1) is 10.6. The molecule has 1 amide bonds. The molecule has 1 N–H and O–H groups in total. The fourth-order valence-electron chi connectivity index (χ4n) is 1.71. The smallest absolute Gasteiger partial charge is 0.264 e. The maximum Gasteiger partial charge on any atom is 0.264 e. The van der Waals surface area contributed by atoms with E-state index < -0.39 is 0 Å². The Kier molecular flexibility index (Phi) is 5.77. The zero-order valence-electron chi connectivity index (χ0n) is 13.0. The summed E-state index contributed by atoms with van der Waals surface area (Å²) in [5, 5.41) is 5.29. The van der Waals surface area contributed by atoms with Crippen molar-refractivity contribution in [2.45, 2.75) is 26.7 Å². The number of benzene rings is 1. The molecule has 5 nitrogen and oxygen atoms in total. The van der Waals surface area contributed by atoms with Crippen LogP contribution in [0.25, 0.3) is 0 Å². The topological polar surface area (TPSA) is 60.5 Å². The summed E-state index contributed by atoms with van der Waals surface area (Å²) in [5.74, 6) is 1.53. The molecule has 0 bridgehead atoms. The van der Waals surface area contributed by atoms with Crippen molar-refractivity contribution in [3.05, 3.63) is 35.3 Å². The third-order valence-electron chi connectivity index (χ3n) is 2.86. The molecule has 0 fully saturated rings. The SMILES string of the molecule is CCOc1ccc(OCC(=O)Nc2nc(C(C)C)cs2)cc1. The second-order valence-electron chi connectivity index (χ2n) is 4.97. The molecule has 0 saturated heterocycles. The van der Waals surface area contributed by atoms with E-state index in [0.29, 0.717) is 23.4 Å². The van der Waals surface area contributed by atoms with E-state index >= 15 is 0 Å². The molecule has 6 heteroatoms. The normalized spacial score (nSPS) is 10.5. The van der Waals surface area contributed by atoms with E-state index in [1.807, 2.05) is 24.4 Å². The van der Waals surface area contributed by atoms with Gasteiger partial charge in [-0.25, -0.2) is 4.98 Å². The third-order valence-corrected chi connectivity index (χ3v) is 3.64. The minimum absolute atomic E-state index is 0.0510. The van der Waals surface area contributed by atoms with Gasteiger partial charge in [-0.3, -0.25) is 10.1 Å². The van der Waals surface area contributed by atoms with Crippen LogP contribution in [0.2, 0.25) is 0 Å². The molecule has 0 aliphatic carbocycles. The summed E-state index contributed by atoms with van der Waals surface area (Å²) in [6.07, 6.45) is 0. The van der Waals surface area contributed by atoms with Gasteiger partial charge in [0.2, 0.25) is 0 Å². The predicted octanol–water partition coefficient (Wildman–Crippen LogP) is 3.68. The highest BCUT2D eigenvalue weighted by atomic mass is 32.1. The molecule has 1 heterocycles. The van der Waals surface area contributed by atoms with Crippen LogP contribution in [0.15, 0.2) is 29.6 Å². The van der Waals surface area contributed by atoms with Crippen LogP contribution in [0.5, 0.6) is 11.5 Å². The lowest BCUT2D eigenvalue weighted by Crippen LogP contribution is -2.20. The fourth-order valence-corrected chi connectivity index (χ4v) is 2.60. The van der Waals surface area contributed by atoms with E-state index in [1.165, 1.54) is 11.3 Å². The van der Waals surface area contributed by atoms with Crippen LogP contribution >= 0.6 is 11.3 Å². The second-order valence-corrected chi connectivity index (χ2v) is 5.83. The number of amides is 1. The Morgan fingerprint density at radius 2 is 1.86 bits per heavy atom. The van der Waals surface area contributed by atoms with Crippen molar-refractivity contribution >= 4 is 22.4 Å². The van der Waals surface area contributed by atoms with Gasteiger partial charge >= 0.3 is 0 Å². The maximum absolute atomic E-state index is 11.8. The number of nitrogens with one attached hydrogen (secondary N) is 1. The average molecular weight is 320 g/mol. The molecule has 22 heavy (non-hydrogen) atoms. The highest BCUT2D eigenvalue weighted by Gasteiger charge is 2.09. The Bertz CT molecular complexity index is 608. The molecule has 0 aliphatic heterocycles. The summed E-state index contributed by atoms with van der Waals surface area (Å²) in [4.78, 5) is 16.2. The number of thiazole rings is 1. The van der Waals surface area contributed by atoms with Gasteiger partial charge in [-0.05, 0) is 37.1 Å². The summed E-state index contributed by atoms with van der Waals surface area (Å²) in [7, 11) is 0. The second kappa shape index (κ2) is 7.79. The summed E-state index contributed by atoms with van der Waals surface area (Å²) in [6.45, 7) is 6.63. The van der Waals surface area contributed by atoms with Crippen molar-refractivity contribution in [3.63, 3.8) is 0 Å². The number of hydrogen-bond donors (Lipinski definition) is 1. The number of anilines is 1. The molecule has 118 valence electrons. The Hall–Kier alpha value is -2.08. The molecule has 2 aromatic rings. The van der Waals surface area contributed by atoms with Gasteiger partial charge in [0.15, 0.2) is 11.7 Å². The summed E-state index contributed by atoms with van der Waals surface area (Å²) in [5.41, 5.74) is 0.979. The first-order valence-corrected chi connectivity index (χ1v) is 8.07. The van der Waals surface area contributed by atoms with Gasteiger partial charge in [-0.1, -0.05) is 13.8 Å². The minimum Gasteiger partial charge on any atom is -0.494 e. The summed E-state index contributed by atoms with van der Waals surface area (Å²) >= 11 is 1.42. The monoisotopic (exact) mass is 320 g/mol. The Balaban J connectivity index is 1.81. The van der Waals surface area contributed by atoms with Crippen molar-refractivity contribution in [2.75, 3.05) is 18.5 Å². The highest BCUT2D eigenvalue weighted by molar-refractivity contribution is 7.13. The van der Waals surface area contributed by atoms with Crippen LogP contribution in [-0.2, 0) is 4.79 Å². The number of rotatable bonds is 7. The molecule has 0 saturated carbocycles. The van der Waals surface area contributed by atoms with Crippen LogP contribution in [-0.4, -0.2) is 24.1 Å². The van der Waals surface area contributed by atoms with Gasteiger partial charge in [0.25, 0.3) is 5.91 Å². The maximum atomic E-state index is 11.8. The van der Waals surface area contributed by atoms with Gasteiger partial charge < -0.3 is 9.47 Å². The number of carbonyl (C=O) groups excluding carboxylic acids is 1. The van der Waals surface area contributed by atoms with Crippen molar-refractivity contribution < 1.29 is 14.3 Å². The zero-order chi connectivity index (χ0) is 15.9. The molecule has 0 aliphatic rings. The Labute approximate surface area is 134 Å². The molecule has 2 rings (SSSR count). The molecular formula is C16H20N2O3S. The number of hydrogen-bond acceptors (Lipinski definition) is 5. The van der Waals surface area contributed by atoms with Gasteiger partial charge in [0.05, 0.1) is 12.3 Å². The van der Waals surface area contributed by atoms with Crippen LogP contribution in [0.1, 0.15) is 32.4 Å². The van der Waals surface area contributed by atoms with Gasteiger partial charge in [0, 0.05) is 5.38 Å². The lowest BCUT2D eigenvalue weighted by molar-refractivity contribution is -0.118. The Morgan fingerprint density at radius 3 is 2.41 bits per heavy atom. The lowest BCUT2D eigenvalue weighted by atomic mass is 10.2. The molecule has 1 aromatic carbocycles. The molecule has 0 radical (unpaired) electrons. The molecule has 0 unspecified atom stereocenters. The quantitative estimate of drug-likeness (QED) is 0.845. The predicted molar refractivity (Wildman–Crippen MR) is 87.9 cm³/mol. The number of nitrogens with zero attached hydrogens (tertiary/aromatic N) is 1. The zero-order valence-corrected chi connectivity index (χ0v) is 13.8. The highest BCUT2D eigenvalue weighted by Crippen LogP contribution is 2.21. The van der Waals surface area contributed by atoms with Gasteiger partial charge in [0.1, 0.15) is 11.5 Å². The van der Waals surface area contributed by atoms with E-state index in [4.69, 9.17) is 9.47 Å². The number of aromatic nitrogens is 1. The number of carbonyl (C=O) groups is 1. The van der Waals surface area contributed by atoms with Crippen molar-refractivity contribution in [1.29, 1.82) is 0 Å². The van der Waals surface area contributed by atoms with E-state index in [0.717, 1.165) is 11.4 Å². The first-order valence-electron chi connectivity index (χ1n) is 7.19. The van der Waals surface area contributed by atoms with Crippen molar-refractivity contribution in [2.24, 2.45) is 0 Å². The van der Waals surface area contributed by atoms with Gasteiger partial charge in [-0.2, -0.15) is 0 Å². The lowest BCUT2D eigenvalue weighted by Gasteiger charge is -2.07. The molecule has 0 atom stereocenters. The van der Waals surface area contributed by atoms with Crippen LogP contribution in [0.3, 0.4) is 0 Å². The van der Waals surface area contributed by atoms with Crippen LogP contribution in [0.4, 0.5) is 5.13 Å². The van der Waals surface area contributed by atoms with Crippen molar-refractivity contribution in [1.82, 2.24) is 4.98 Å². The average Bonchev–Trinajstić information content (AvgIpc) is 2.95. The standard InChI is InChI=1S/C16H20N2O3S/c1-4-20-12-5-7-13(8-6-12)21-9-15(19)18-16-17-14(10-22-16)11(2)3/h5-8,10-11H,4,9H2,1-3H3,(H,17,18,19). The summed E-state index contributed by atoms with van der Waals surface area (Å²) in [6, 6.07) is 7.18. The molecule has 0 spiro atoms. The largest absolute Gasteiger partial charge is 0.494 e. The first kappa shape index (κ1) is 16.3. The van der Waals surface area contributed by atoms with Crippen LogP contribution < -0.4 is 14.8 Å². The van der Waals surface area contributed by atoms with E-state index in [-0.39, 0.29) is 12.5 Å².